The SMILES string of the molecule is CC(C)(C)c1cc(-c2ccc3c(c2)C2c4cc(-c5ccccc5)ccc4N(c4c(-c5ccccc5)cc5c(sc6ccccc65)c4-c4ccccc4)c4cc(-c5ccccc5)cc(c42)O3)cc(C(C)(C)C)c1. The number of ether oxygens (including phenoxy) is 1. The van der Waals surface area contributed by atoms with Crippen molar-refractivity contribution in [1.29, 1.82) is 0 Å². The van der Waals surface area contributed by atoms with Crippen LogP contribution < -0.4 is 9.64 Å². The lowest BCUT2D eigenvalue weighted by atomic mass is 9.75. The molecule has 11 aromatic rings. The number of benzene rings is 10. The summed E-state index contributed by atoms with van der Waals surface area (Å²) < 4.78 is 9.91. The van der Waals surface area contributed by atoms with E-state index in [1.807, 2.05) is 11.3 Å². The summed E-state index contributed by atoms with van der Waals surface area (Å²) in [7, 11) is 0. The predicted molar refractivity (Wildman–Crippen MR) is 306 cm³/mol. The maximum absolute atomic E-state index is 7.36. The van der Waals surface area contributed by atoms with Crippen LogP contribution in [0, 0.1) is 0 Å². The van der Waals surface area contributed by atoms with Crippen LogP contribution in [0.3, 0.4) is 0 Å². The van der Waals surface area contributed by atoms with E-state index in [2.05, 4.69) is 265 Å². The molecule has 72 heavy (non-hydrogen) atoms. The largest absolute Gasteiger partial charge is 0.457 e. The van der Waals surface area contributed by atoms with E-state index in [-0.39, 0.29) is 16.7 Å². The summed E-state index contributed by atoms with van der Waals surface area (Å²) in [5, 5.41) is 2.54. The Hall–Kier alpha value is -7.98. The summed E-state index contributed by atoms with van der Waals surface area (Å²) in [6, 6.07) is 81.2. The van der Waals surface area contributed by atoms with Gasteiger partial charge in [-0.1, -0.05) is 211 Å². The molecule has 1 aromatic heterocycles. The molecule has 0 saturated carbocycles. The molecule has 0 amide bonds. The van der Waals surface area contributed by atoms with Gasteiger partial charge in [0.15, 0.2) is 0 Å². The molecular formula is C69H55NOS. The van der Waals surface area contributed by atoms with Gasteiger partial charge in [-0.2, -0.15) is 0 Å². The van der Waals surface area contributed by atoms with E-state index in [9.17, 15) is 0 Å². The van der Waals surface area contributed by atoms with Crippen molar-refractivity contribution in [2.45, 2.75) is 58.3 Å². The molecular weight excluding hydrogens is 891 g/mol. The van der Waals surface area contributed by atoms with E-state index in [0.717, 1.165) is 45.3 Å². The maximum Gasteiger partial charge on any atom is 0.134 e. The highest BCUT2D eigenvalue weighted by Gasteiger charge is 2.42. The van der Waals surface area contributed by atoms with E-state index in [1.165, 1.54) is 86.9 Å². The minimum Gasteiger partial charge on any atom is -0.457 e. The third-order valence-electron chi connectivity index (χ3n) is 15.0. The molecule has 0 bridgehead atoms. The van der Waals surface area contributed by atoms with Crippen LogP contribution in [-0.2, 0) is 10.8 Å². The van der Waals surface area contributed by atoms with Crippen LogP contribution in [0.4, 0.5) is 17.1 Å². The summed E-state index contributed by atoms with van der Waals surface area (Å²) in [4.78, 5) is 2.61. The van der Waals surface area contributed by atoms with Crippen molar-refractivity contribution in [2.24, 2.45) is 0 Å². The average molecular weight is 946 g/mol. The summed E-state index contributed by atoms with van der Waals surface area (Å²) in [5.41, 5.74) is 21.4. The second-order valence-corrected chi connectivity index (χ2v) is 22.7. The number of hydrogen-bond donors (Lipinski definition) is 0. The number of anilines is 3. The molecule has 1 unspecified atom stereocenters. The van der Waals surface area contributed by atoms with E-state index >= 15 is 0 Å². The van der Waals surface area contributed by atoms with Gasteiger partial charge in [0.1, 0.15) is 11.5 Å². The van der Waals surface area contributed by atoms with Crippen molar-refractivity contribution in [3.05, 3.63) is 246 Å². The van der Waals surface area contributed by atoms with Crippen molar-refractivity contribution in [3.8, 4) is 67.1 Å². The summed E-state index contributed by atoms with van der Waals surface area (Å²) in [6.45, 7) is 13.9. The van der Waals surface area contributed by atoms with Gasteiger partial charge in [-0.25, -0.2) is 0 Å². The van der Waals surface area contributed by atoms with Gasteiger partial charge in [0.25, 0.3) is 0 Å². The number of rotatable bonds is 6. The van der Waals surface area contributed by atoms with Gasteiger partial charge in [0.2, 0.25) is 0 Å². The average Bonchev–Trinajstić information content (AvgIpc) is 3.79. The zero-order valence-corrected chi connectivity index (χ0v) is 42.4. The molecule has 0 fully saturated rings. The molecule has 0 spiro atoms. The Morgan fingerprint density at radius 2 is 0.944 bits per heavy atom. The lowest BCUT2D eigenvalue weighted by Gasteiger charge is -2.43. The van der Waals surface area contributed by atoms with Crippen LogP contribution in [0.2, 0.25) is 0 Å². The van der Waals surface area contributed by atoms with E-state index in [1.54, 1.807) is 0 Å². The first-order valence-electron chi connectivity index (χ1n) is 25.3. The fourth-order valence-corrected chi connectivity index (χ4v) is 12.5. The zero-order chi connectivity index (χ0) is 48.9. The highest BCUT2D eigenvalue weighted by atomic mass is 32.1. The topological polar surface area (TPSA) is 12.5 Å². The lowest BCUT2D eigenvalue weighted by molar-refractivity contribution is 0.453. The van der Waals surface area contributed by atoms with Crippen LogP contribution >= 0.6 is 11.3 Å². The van der Waals surface area contributed by atoms with Crippen molar-refractivity contribution in [1.82, 2.24) is 0 Å². The van der Waals surface area contributed by atoms with Crippen LogP contribution in [0.1, 0.15) is 75.3 Å². The Bertz CT molecular complexity index is 3860. The van der Waals surface area contributed by atoms with Crippen LogP contribution in [-0.4, -0.2) is 0 Å². The molecule has 13 rings (SSSR count). The number of hydrogen-bond acceptors (Lipinski definition) is 3. The van der Waals surface area contributed by atoms with Crippen LogP contribution in [0.25, 0.3) is 75.8 Å². The van der Waals surface area contributed by atoms with Gasteiger partial charge in [0.05, 0.1) is 17.1 Å². The fourth-order valence-electron chi connectivity index (χ4n) is 11.2. The third kappa shape index (κ3) is 7.37. The monoisotopic (exact) mass is 945 g/mol. The first-order chi connectivity index (χ1) is 35.0. The zero-order valence-electron chi connectivity index (χ0n) is 41.6. The van der Waals surface area contributed by atoms with Crippen LogP contribution in [0.15, 0.2) is 218 Å². The number of nitrogens with zero attached hydrogens (tertiary/aromatic N) is 1. The summed E-state index contributed by atoms with van der Waals surface area (Å²) >= 11 is 1.89. The molecule has 2 aliphatic heterocycles. The second kappa shape index (κ2) is 16.8. The Morgan fingerprint density at radius 1 is 0.403 bits per heavy atom. The quantitative estimate of drug-likeness (QED) is 0.165. The van der Waals surface area contributed by atoms with E-state index in [0.29, 0.717) is 0 Å². The van der Waals surface area contributed by atoms with Gasteiger partial charge in [0, 0.05) is 48.3 Å². The molecule has 2 aliphatic rings. The van der Waals surface area contributed by atoms with Crippen LogP contribution in [0.5, 0.6) is 11.5 Å². The van der Waals surface area contributed by atoms with Gasteiger partial charge in [-0.15, -0.1) is 11.3 Å². The Balaban J connectivity index is 1.16. The highest BCUT2D eigenvalue weighted by Crippen LogP contribution is 2.63. The first kappa shape index (κ1) is 44.0. The van der Waals surface area contributed by atoms with Gasteiger partial charge < -0.3 is 9.64 Å². The smallest absolute Gasteiger partial charge is 0.134 e. The molecule has 3 heterocycles. The maximum atomic E-state index is 7.36. The molecule has 2 nitrogen and oxygen atoms in total. The number of thiophene rings is 1. The normalized spacial score (nSPS) is 13.9. The minimum absolute atomic E-state index is 0.0205. The Labute approximate surface area is 427 Å². The van der Waals surface area contributed by atoms with Gasteiger partial charge >= 0.3 is 0 Å². The standard InChI is InChI=1S/C69H55NOS/c1-68(2,3)51-35-49(36-52(41-51)69(4,5)6)48-32-34-60-57(38-48)64-56-37-47(43-21-11-7-12-22-43)31-33-58(56)70(59-39-50(40-61(71-60)65(59)64)44-23-13-8-14-24-44)66-54(45-25-15-9-16-26-45)42-55-53-29-19-20-30-62(53)72-67(55)63(66)46-27-17-10-18-28-46/h7-42,64H,1-6H3. The minimum atomic E-state index is -0.139. The van der Waals surface area contributed by atoms with Gasteiger partial charge in [-0.05, 0) is 121 Å². The lowest BCUT2D eigenvalue weighted by Crippen LogP contribution is -2.26. The van der Waals surface area contributed by atoms with E-state index < -0.39 is 0 Å². The van der Waals surface area contributed by atoms with Crippen molar-refractivity contribution in [3.63, 3.8) is 0 Å². The highest BCUT2D eigenvalue weighted by molar-refractivity contribution is 7.26. The first-order valence-corrected chi connectivity index (χ1v) is 26.1. The molecule has 10 aromatic carbocycles. The molecule has 1 atom stereocenters. The molecule has 0 aliphatic carbocycles. The molecule has 0 saturated heterocycles. The van der Waals surface area contributed by atoms with Crippen molar-refractivity contribution < 1.29 is 4.74 Å². The second-order valence-electron chi connectivity index (χ2n) is 21.7. The molecule has 0 radical (unpaired) electrons. The predicted octanol–water partition coefficient (Wildman–Crippen LogP) is 20.1. The molecule has 3 heteroatoms. The molecule has 348 valence electrons. The summed E-state index contributed by atoms with van der Waals surface area (Å²) in [5.74, 6) is 1.63. The van der Waals surface area contributed by atoms with Gasteiger partial charge in [-0.3, -0.25) is 0 Å². The Morgan fingerprint density at radius 3 is 1.60 bits per heavy atom. The fraction of sp³-hybridized carbons (Fsp3) is 0.130. The number of fused-ring (bicyclic) bond motifs is 7. The Kier molecular flexibility index (Phi) is 10.3. The summed E-state index contributed by atoms with van der Waals surface area (Å²) in [6.07, 6.45) is 0. The van der Waals surface area contributed by atoms with Crippen molar-refractivity contribution >= 4 is 48.6 Å². The van der Waals surface area contributed by atoms with E-state index in [4.69, 9.17) is 4.74 Å². The third-order valence-corrected chi connectivity index (χ3v) is 16.2. The molecule has 0 N–H and O–H groups in total. The van der Waals surface area contributed by atoms with Crippen molar-refractivity contribution in [2.75, 3.05) is 4.90 Å².